The average molecular weight is 709 g/mol. The molecule has 12 nitrogen and oxygen atoms in total. The van der Waals surface area contributed by atoms with Crippen LogP contribution in [0.4, 0.5) is 10.9 Å². The molecule has 4 heterocycles. The van der Waals surface area contributed by atoms with Crippen LogP contribution in [-0.2, 0) is 36.3 Å². The lowest BCUT2D eigenvalue weighted by Gasteiger charge is -2.25. The second-order valence-electron chi connectivity index (χ2n) is 11.6. The van der Waals surface area contributed by atoms with Crippen molar-refractivity contribution in [2.45, 2.75) is 69.6 Å². The fourth-order valence-corrected chi connectivity index (χ4v) is 8.28. The van der Waals surface area contributed by atoms with Crippen LogP contribution in [0.15, 0.2) is 53.5 Å². The lowest BCUT2D eigenvalue weighted by atomic mass is 10.2. The first-order chi connectivity index (χ1) is 21.3. The molecule has 0 fully saturated rings. The number of aromatic nitrogens is 4. The molecule has 4 rings (SSSR count). The van der Waals surface area contributed by atoms with Crippen LogP contribution in [0, 0.1) is 0 Å². The number of rotatable bonds is 11. The van der Waals surface area contributed by atoms with Gasteiger partial charge in [0, 0.05) is 36.5 Å². The predicted octanol–water partition coefficient (Wildman–Crippen LogP) is 5.44. The van der Waals surface area contributed by atoms with Gasteiger partial charge in [0.15, 0.2) is 24.8 Å². The number of thiophene rings is 1. The first kappa shape index (κ1) is 37.0. The number of thiazole rings is 1. The number of amides is 2. The van der Waals surface area contributed by atoms with E-state index in [1.165, 1.54) is 43.7 Å². The zero-order valence-electron chi connectivity index (χ0n) is 27.1. The highest BCUT2D eigenvalue weighted by Gasteiger charge is 2.44. The van der Waals surface area contributed by atoms with Crippen molar-refractivity contribution >= 4 is 65.1 Å². The Morgan fingerprint density at radius 2 is 1.57 bits per heavy atom. The molecule has 2 N–H and O–H groups in total. The van der Waals surface area contributed by atoms with Gasteiger partial charge in [-0.2, -0.15) is 5.10 Å². The standard InChI is InChI=1S/C15H19N3O3S2.C15H21N3O3S2/c1-10(2)23(20,21)15(3,4)13(19)18-14-17-12(9-22-14)11-5-7-16-8-6-11;1-5-9-23(20,21)15(2,3)14(19)16-13-10-11(17-18(13)4)12-7-6-8-22-12/h5-10H,1-4H3,(H,17,18,19);6-8,10H,5,9H2,1-4H3,(H,16,19). The van der Waals surface area contributed by atoms with Crippen molar-refractivity contribution in [1.29, 1.82) is 0 Å². The molecule has 0 unspecified atom stereocenters. The van der Waals surface area contributed by atoms with Crippen LogP contribution in [0.5, 0.6) is 0 Å². The van der Waals surface area contributed by atoms with Gasteiger partial charge in [-0.25, -0.2) is 21.8 Å². The molecule has 0 saturated heterocycles. The summed E-state index contributed by atoms with van der Waals surface area (Å²) in [5.41, 5.74) is 2.33. The third-order valence-corrected chi connectivity index (χ3v) is 14.5. The fourth-order valence-electron chi connectivity index (χ4n) is 4.01. The molecule has 0 bridgehead atoms. The van der Waals surface area contributed by atoms with Gasteiger partial charge in [-0.15, -0.1) is 22.7 Å². The summed E-state index contributed by atoms with van der Waals surface area (Å²) >= 11 is 2.80. The normalized spacial score (nSPS) is 12.4. The quantitative estimate of drug-likeness (QED) is 0.206. The molecule has 2 amide bonds. The van der Waals surface area contributed by atoms with Gasteiger partial charge in [0.25, 0.3) is 0 Å². The van der Waals surface area contributed by atoms with Gasteiger partial charge in [-0.3, -0.25) is 19.3 Å². The Bertz CT molecular complexity index is 1860. The Kier molecular flexibility index (Phi) is 11.7. The van der Waals surface area contributed by atoms with Crippen molar-refractivity contribution < 1.29 is 26.4 Å². The van der Waals surface area contributed by atoms with Crippen LogP contribution in [0.25, 0.3) is 21.8 Å². The number of aryl methyl sites for hydroxylation is 1. The van der Waals surface area contributed by atoms with Crippen LogP contribution in [0.3, 0.4) is 0 Å². The Morgan fingerprint density at radius 1 is 0.935 bits per heavy atom. The first-order valence-electron chi connectivity index (χ1n) is 14.4. The van der Waals surface area contributed by atoms with Crippen molar-refractivity contribution in [3.8, 4) is 21.8 Å². The van der Waals surface area contributed by atoms with Gasteiger partial charge in [0.1, 0.15) is 21.0 Å². The zero-order chi connectivity index (χ0) is 34.5. The maximum Gasteiger partial charge on any atom is 0.247 e. The molecule has 0 spiro atoms. The molecule has 4 aromatic heterocycles. The topological polar surface area (TPSA) is 170 Å². The molecule has 0 aliphatic heterocycles. The van der Waals surface area contributed by atoms with Crippen LogP contribution in [0.1, 0.15) is 54.9 Å². The minimum Gasteiger partial charge on any atom is -0.310 e. The summed E-state index contributed by atoms with van der Waals surface area (Å²) in [4.78, 5) is 34.1. The van der Waals surface area contributed by atoms with E-state index in [1.54, 1.807) is 63.0 Å². The first-order valence-corrected chi connectivity index (χ1v) is 19.3. The van der Waals surface area contributed by atoms with E-state index in [4.69, 9.17) is 0 Å². The number of hydrogen-bond donors (Lipinski definition) is 2. The van der Waals surface area contributed by atoms with Gasteiger partial charge in [-0.05, 0) is 71.5 Å². The van der Waals surface area contributed by atoms with Gasteiger partial charge in [-0.1, -0.05) is 13.0 Å². The highest BCUT2D eigenvalue weighted by Crippen LogP contribution is 2.29. The number of carbonyl (C=O) groups excluding carboxylic acids is 2. The molecule has 0 aliphatic carbocycles. The lowest BCUT2D eigenvalue weighted by Crippen LogP contribution is -2.47. The van der Waals surface area contributed by atoms with Crippen LogP contribution < -0.4 is 10.6 Å². The summed E-state index contributed by atoms with van der Waals surface area (Å²) in [6.45, 7) is 10.6. The van der Waals surface area contributed by atoms with Crippen molar-refractivity contribution in [2.75, 3.05) is 16.4 Å². The van der Waals surface area contributed by atoms with Crippen molar-refractivity contribution in [1.82, 2.24) is 19.7 Å². The molecule has 250 valence electrons. The van der Waals surface area contributed by atoms with Crippen LogP contribution in [0.2, 0.25) is 0 Å². The van der Waals surface area contributed by atoms with Crippen molar-refractivity contribution in [3.05, 3.63) is 53.5 Å². The highest BCUT2D eigenvalue weighted by molar-refractivity contribution is 7.94. The maximum atomic E-state index is 12.5. The van der Waals surface area contributed by atoms with Crippen molar-refractivity contribution in [3.63, 3.8) is 0 Å². The zero-order valence-corrected chi connectivity index (χ0v) is 30.3. The number of hydrogen-bond acceptors (Lipinski definition) is 11. The molecular formula is C30H40N6O6S4. The lowest BCUT2D eigenvalue weighted by molar-refractivity contribution is -0.118. The van der Waals surface area contributed by atoms with Crippen molar-refractivity contribution in [2.24, 2.45) is 7.05 Å². The molecule has 0 radical (unpaired) electrons. The summed E-state index contributed by atoms with van der Waals surface area (Å²) in [6, 6.07) is 9.23. The fraction of sp³-hybridized carbons (Fsp3) is 0.433. The second kappa shape index (κ2) is 14.5. The Morgan fingerprint density at radius 3 is 2.13 bits per heavy atom. The van der Waals surface area contributed by atoms with E-state index >= 15 is 0 Å². The highest BCUT2D eigenvalue weighted by atomic mass is 32.2. The largest absolute Gasteiger partial charge is 0.310 e. The average Bonchev–Trinajstić information content (AvgIpc) is 3.76. The molecule has 0 aliphatic rings. The van der Waals surface area contributed by atoms with E-state index in [0.717, 1.165) is 16.1 Å². The van der Waals surface area contributed by atoms with E-state index in [9.17, 15) is 26.4 Å². The smallest absolute Gasteiger partial charge is 0.247 e. The van der Waals surface area contributed by atoms with E-state index < -0.39 is 46.2 Å². The minimum atomic E-state index is -3.58. The summed E-state index contributed by atoms with van der Waals surface area (Å²) in [6.07, 6.45) is 3.80. The summed E-state index contributed by atoms with van der Waals surface area (Å²) < 4.78 is 47.7. The predicted molar refractivity (Wildman–Crippen MR) is 185 cm³/mol. The SMILES string of the molecule is CC(C)S(=O)(=O)C(C)(C)C(=O)Nc1nc(-c2ccncc2)cs1.CCCS(=O)(=O)C(C)(C)C(=O)Nc1cc(-c2cccs2)nn1C. The van der Waals surface area contributed by atoms with E-state index in [2.05, 4.69) is 25.7 Å². The molecule has 0 atom stereocenters. The van der Waals surface area contributed by atoms with E-state index in [0.29, 0.717) is 23.1 Å². The number of pyridine rings is 1. The Hall–Kier alpha value is -3.47. The Balaban J connectivity index is 0.000000250. The summed E-state index contributed by atoms with van der Waals surface area (Å²) in [5, 5.41) is 13.1. The number of carbonyl (C=O) groups is 2. The second-order valence-corrected chi connectivity index (χ2v) is 19.1. The summed E-state index contributed by atoms with van der Waals surface area (Å²) in [5.74, 6) is -0.675. The molecule has 16 heteroatoms. The maximum absolute atomic E-state index is 12.5. The van der Waals surface area contributed by atoms with Gasteiger partial charge in [0.2, 0.25) is 11.8 Å². The number of sulfone groups is 2. The molecular weight excluding hydrogens is 669 g/mol. The van der Waals surface area contributed by atoms with Gasteiger partial charge >= 0.3 is 0 Å². The van der Waals surface area contributed by atoms with Crippen LogP contribution in [-0.4, -0.2) is 68.9 Å². The molecule has 4 aromatic rings. The number of nitrogens with zero attached hydrogens (tertiary/aromatic N) is 4. The van der Waals surface area contributed by atoms with E-state index in [-0.39, 0.29) is 5.75 Å². The van der Waals surface area contributed by atoms with Crippen LogP contribution >= 0.6 is 22.7 Å². The molecule has 46 heavy (non-hydrogen) atoms. The van der Waals surface area contributed by atoms with E-state index in [1.807, 2.05) is 29.6 Å². The molecule has 0 aromatic carbocycles. The summed E-state index contributed by atoms with van der Waals surface area (Å²) in [7, 11) is -5.39. The Labute approximate surface area is 278 Å². The minimum absolute atomic E-state index is 0.0146. The third-order valence-electron chi connectivity index (χ3n) is 7.27. The molecule has 0 saturated carbocycles. The van der Waals surface area contributed by atoms with Gasteiger partial charge in [0.05, 0.1) is 21.6 Å². The van der Waals surface area contributed by atoms with Gasteiger partial charge < -0.3 is 10.6 Å². The number of nitrogens with one attached hydrogen (secondary N) is 2. The third kappa shape index (κ3) is 8.08. The monoisotopic (exact) mass is 708 g/mol. The number of anilines is 2.